The molecule has 3 aromatic rings. The number of benzene rings is 1. The maximum absolute atomic E-state index is 12.5. The van der Waals surface area contributed by atoms with E-state index in [1.165, 1.54) is 17.1 Å². The first-order valence-electron chi connectivity index (χ1n) is 7.13. The molecule has 3 rings (SSSR count). The molecule has 0 unspecified atom stereocenters. The maximum Gasteiger partial charge on any atom is 0.265 e. The lowest BCUT2D eigenvalue weighted by Crippen LogP contribution is -2.13. The third-order valence-corrected chi connectivity index (χ3v) is 4.98. The van der Waals surface area contributed by atoms with Gasteiger partial charge < -0.3 is 10.1 Å². The van der Waals surface area contributed by atoms with E-state index in [4.69, 9.17) is 10.4 Å². The summed E-state index contributed by atoms with van der Waals surface area (Å²) in [5.74, 6) is 0. The molecule has 8 nitrogen and oxygen atoms in total. The Labute approximate surface area is 138 Å². The van der Waals surface area contributed by atoms with Crippen LogP contribution in [-0.2, 0) is 16.6 Å². The van der Waals surface area contributed by atoms with Crippen molar-refractivity contribution in [2.24, 2.45) is 0 Å². The minimum atomic E-state index is -3.83. The maximum atomic E-state index is 12.5. The number of aliphatic hydroxyl groups is 1. The number of aryl methyl sites for hydroxylation is 1. The van der Waals surface area contributed by atoms with Crippen molar-refractivity contribution in [1.82, 2.24) is 14.8 Å². The minimum absolute atomic E-state index is 0.00302. The Balaban J connectivity index is 2.01. The summed E-state index contributed by atoms with van der Waals surface area (Å²) in [5, 5.41) is 22.6. The second kappa shape index (κ2) is 5.99. The molecule has 0 amide bonds. The van der Waals surface area contributed by atoms with E-state index in [0.717, 1.165) is 5.56 Å². The van der Waals surface area contributed by atoms with Crippen molar-refractivity contribution in [3.05, 3.63) is 41.9 Å². The molecule has 0 aliphatic carbocycles. The average molecular weight is 345 g/mol. The van der Waals surface area contributed by atoms with Crippen LogP contribution in [0.4, 0.5) is 5.69 Å². The van der Waals surface area contributed by atoms with E-state index >= 15 is 0 Å². The van der Waals surface area contributed by atoms with Crippen LogP contribution in [-0.4, -0.2) is 34.9 Å². The van der Waals surface area contributed by atoms with Gasteiger partial charge in [0.15, 0.2) is 0 Å². The molecule has 0 spiro atoms. The first kappa shape index (κ1) is 16.0. The number of sulfonamides is 1. The highest BCUT2D eigenvalue weighted by atomic mass is 32.2. The van der Waals surface area contributed by atoms with E-state index < -0.39 is 10.0 Å². The Hall–Kier alpha value is -2.83. The molecule has 9 heteroatoms. The molecule has 0 aliphatic heterocycles. The number of anilines is 1. The molecule has 0 saturated heterocycles. The van der Waals surface area contributed by atoms with E-state index in [2.05, 4.69) is 20.9 Å². The number of aliphatic hydroxyl groups excluding tert-OH is 1. The van der Waals surface area contributed by atoms with Crippen LogP contribution in [0.1, 0.15) is 11.1 Å². The van der Waals surface area contributed by atoms with Crippen LogP contribution >= 0.6 is 0 Å². The topological polar surface area (TPSA) is 124 Å². The molecule has 0 aliphatic rings. The number of fused-ring (bicyclic) bond motifs is 1. The van der Waals surface area contributed by atoms with E-state index in [1.807, 2.05) is 6.92 Å². The highest BCUT2D eigenvalue weighted by Gasteiger charge is 2.19. The number of aromatic nitrogens is 3. The highest BCUT2D eigenvalue weighted by molar-refractivity contribution is 7.92. The van der Waals surface area contributed by atoms with Gasteiger partial charge in [0, 0.05) is 17.8 Å². The van der Waals surface area contributed by atoms with Crippen molar-refractivity contribution in [3.8, 4) is 6.07 Å². The van der Waals surface area contributed by atoms with Gasteiger partial charge in [-0.2, -0.15) is 10.4 Å². The van der Waals surface area contributed by atoms with Gasteiger partial charge >= 0.3 is 0 Å². The lowest BCUT2D eigenvalue weighted by Gasteiger charge is -2.09. The molecule has 0 saturated carbocycles. The Morgan fingerprint density at radius 1 is 1.46 bits per heavy atom. The normalized spacial score (nSPS) is 11.5. The molecule has 0 fully saturated rings. The Morgan fingerprint density at radius 2 is 2.25 bits per heavy atom. The third-order valence-electron chi connectivity index (χ3n) is 3.66. The number of rotatable bonds is 5. The van der Waals surface area contributed by atoms with Crippen LogP contribution in [0.3, 0.4) is 0 Å². The summed E-state index contributed by atoms with van der Waals surface area (Å²) < 4.78 is 28.9. The van der Waals surface area contributed by atoms with E-state index in [0.29, 0.717) is 22.2 Å². The predicted molar refractivity (Wildman–Crippen MR) is 87.9 cm³/mol. The molecule has 1 aromatic carbocycles. The summed E-state index contributed by atoms with van der Waals surface area (Å²) in [6.45, 7) is 1.94. The molecule has 2 aromatic heterocycles. The van der Waals surface area contributed by atoms with Crippen LogP contribution in [0.2, 0.25) is 0 Å². The van der Waals surface area contributed by atoms with Crippen LogP contribution < -0.4 is 4.72 Å². The molecule has 0 atom stereocenters. The summed E-state index contributed by atoms with van der Waals surface area (Å²) >= 11 is 0. The van der Waals surface area contributed by atoms with Crippen molar-refractivity contribution in [1.29, 1.82) is 5.26 Å². The average Bonchev–Trinajstić information content (AvgIpc) is 3.18. The predicted octanol–water partition coefficient (Wildman–Crippen LogP) is 1.34. The van der Waals surface area contributed by atoms with Crippen molar-refractivity contribution in [2.45, 2.75) is 18.4 Å². The fourth-order valence-corrected chi connectivity index (χ4v) is 3.53. The summed E-state index contributed by atoms with van der Waals surface area (Å²) in [7, 11) is -3.83. The van der Waals surface area contributed by atoms with Crippen molar-refractivity contribution in [3.63, 3.8) is 0 Å². The van der Waals surface area contributed by atoms with Crippen molar-refractivity contribution >= 4 is 26.6 Å². The Kier molecular flexibility index (Phi) is 4.01. The monoisotopic (exact) mass is 345 g/mol. The van der Waals surface area contributed by atoms with Crippen LogP contribution in [0.5, 0.6) is 0 Å². The molecule has 0 bridgehead atoms. The van der Waals surface area contributed by atoms with Gasteiger partial charge in [-0.1, -0.05) is 6.07 Å². The number of nitriles is 1. The molecule has 3 N–H and O–H groups in total. The zero-order chi connectivity index (χ0) is 17.3. The van der Waals surface area contributed by atoms with Gasteiger partial charge in [0.25, 0.3) is 10.0 Å². The smallest absolute Gasteiger partial charge is 0.265 e. The highest BCUT2D eigenvalue weighted by Crippen LogP contribution is 2.29. The second-order valence-electron chi connectivity index (χ2n) is 5.26. The Morgan fingerprint density at radius 3 is 2.96 bits per heavy atom. The number of hydrogen-bond acceptors (Lipinski definition) is 5. The van der Waals surface area contributed by atoms with Gasteiger partial charge in [-0.05, 0) is 18.6 Å². The fraction of sp³-hybridized carbons (Fsp3) is 0.200. The van der Waals surface area contributed by atoms with Gasteiger partial charge in [-0.25, -0.2) is 8.42 Å². The number of H-pyrrole nitrogens is 1. The van der Waals surface area contributed by atoms with Crippen LogP contribution in [0.25, 0.3) is 10.9 Å². The summed E-state index contributed by atoms with van der Waals surface area (Å²) in [4.78, 5) is 2.94. The van der Waals surface area contributed by atoms with Crippen molar-refractivity contribution < 1.29 is 13.5 Å². The van der Waals surface area contributed by atoms with Gasteiger partial charge in [-0.15, -0.1) is 0 Å². The van der Waals surface area contributed by atoms with Crippen LogP contribution in [0, 0.1) is 18.3 Å². The standard InChI is InChI=1S/C15H15N5O3S/c1-10-2-3-13(15-14(10)11(6-16)7-17-15)19-24(22,23)12-8-18-20(9-12)4-5-21/h2-3,7-9,17,19,21H,4-5H2,1H3. The molecule has 0 radical (unpaired) electrons. The zero-order valence-corrected chi connectivity index (χ0v) is 13.6. The first-order chi connectivity index (χ1) is 11.5. The minimum Gasteiger partial charge on any atom is -0.394 e. The van der Waals surface area contributed by atoms with E-state index in [-0.39, 0.29) is 18.0 Å². The quantitative estimate of drug-likeness (QED) is 0.644. The van der Waals surface area contributed by atoms with Gasteiger partial charge in [-0.3, -0.25) is 9.40 Å². The molecular formula is C15H15N5O3S. The molecular weight excluding hydrogens is 330 g/mol. The fourth-order valence-electron chi connectivity index (χ4n) is 2.51. The molecule has 24 heavy (non-hydrogen) atoms. The number of nitrogens with zero attached hydrogens (tertiary/aromatic N) is 3. The SMILES string of the molecule is Cc1ccc(NS(=O)(=O)c2cnn(CCO)c2)c2[nH]cc(C#N)c12. The lowest BCUT2D eigenvalue weighted by molar-refractivity contribution is 0.269. The van der Waals surface area contributed by atoms with Gasteiger partial charge in [0.1, 0.15) is 11.0 Å². The third kappa shape index (κ3) is 2.73. The van der Waals surface area contributed by atoms with E-state index in [9.17, 15) is 8.42 Å². The number of aromatic amines is 1. The largest absolute Gasteiger partial charge is 0.394 e. The van der Waals surface area contributed by atoms with Gasteiger partial charge in [0.2, 0.25) is 0 Å². The second-order valence-corrected chi connectivity index (χ2v) is 6.94. The summed E-state index contributed by atoms with van der Waals surface area (Å²) in [5.41, 5.74) is 2.24. The molecule has 124 valence electrons. The summed E-state index contributed by atoms with van der Waals surface area (Å²) in [6, 6.07) is 5.48. The van der Waals surface area contributed by atoms with E-state index in [1.54, 1.807) is 18.3 Å². The Bertz CT molecular complexity index is 1040. The summed E-state index contributed by atoms with van der Waals surface area (Å²) in [6.07, 6.45) is 4.12. The van der Waals surface area contributed by atoms with Crippen molar-refractivity contribution in [2.75, 3.05) is 11.3 Å². The number of hydrogen-bond donors (Lipinski definition) is 3. The number of nitrogens with one attached hydrogen (secondary N) is 2. The first-order valence-corrected chi connectivity index (χ1v) is 8.61. The molecule has 2 heterocycles. The zero-order valence-electron chi connectivity index (χ0n) is 12.8. The van der Waals surface area contributed by atoms with Gasteiger partial charge in [0.05, 0.1) is 36.1 Å². The lowest BCUT2D eigenvalue weighted by atomic mass is 10.1. The van der Waals surface area contributed by atoms with Crippen LogP contribution in [0.15, 0.2) is 35.6 Å².